The molecule has 5 nitrogen and oxygen atoms in total. The quantitative estimate of drug-likeness (QED) is 0.563. The van der Waals surface area contributed by atoms with Crippen LogP contribution in [0.2, 0.25) is 0 Å². The third kappa shape index (κ3) is 2.67. The van der Waals surface area contributed by atoms with E-state index >= 15 is 0 Å². The maximum atomic E-state index is 5.42. The van der Waals surface area contributed by atoms with Crippen molar-refractivity contribution in [1.82, 2.24) is 14.4 Å². The average molecular weight is 350 g/mol. The zero-order valence-corrected chi connectivity index (χ0v) is 14.6. The molecule has 0 spiro atoms. The lowest BCUT2D eigenvalue weighted by Gasteiger charge is -2.34. The SMILES string of the molecule is c1ccc2c(CN3CCN(c4nsc5ccccc45)CC3)noc2c1. The molecule has 25 heavy (non-hydrogen) atoms. The Bertz CT molecular complexity index is 1020. The molecule has 0 amide bonds. The fourth-order valence-electron chi connectivity index (χ4n) is 3.48. The van der Waals surface area contributed by atoms with Crippen LogP contribution in [-0.2, 0) is 6.54 Å². The molecule has 0 aliphatic carbocycles. The van der Waals surface area contributed by atoms with Crippen LogP contribution in [-0.4, -0.2) is 40.6 Å². The molecule has 2 aromatic carbocycles. The van der Waals surface area contributed by atoms with Gasteiger partial charge in [0.05, 0.1) is 4.70 Å². The number of anilines is 1. The topological polar surface area (TPSA) is 45.4 Å². The van der Waals surface area contributed by atoms with E-state index in [1.807, 2.05) is 18.2 Å². The second-order valence-corrected chi connectivity index (χ2v) is 7.20. The van der Waals surface area contributed by atoms with Crippen molar-refractivity contribution in [3.63, 3.8) is 0 Å². The Morgan fingerprint density at radius 3 is 2.56 bits per heavy atom. The molecule has 1 aliphatic heterocycles. The van der Waals surface area contributed by atoms with E-state index in [1.54, 1.807) is 11.5 Å². The smallest absolute Gasteiger partial charge is 0.167 e. The predicted molar refractivity (Wildman–Crippen MR) is 101 cm³/mol. The van der Waals surface area contributed by atoms with Crippen LogP contribution in [0.5, 0.6) is 0 Å². The molecule has 1 saturated heterocycles. The highest BCUT2D eigenvalue weighted by Gasteiger charge is 2.22. The van der Waals surface area contributed by atoms with Gasteiger partial charge in [0.15, 0.2) is 5.58 Å². The molecule has 0 bridgehead atoms. The fraction of sp³-hybridized carbons (Fsp3) is 0.263. The molecule has 1 fully saturated rings. The third-order valence-corrected chi connectivity index (χ3v) is 5.67. The summed E-state index contributed by atoms with van der Waals surface area (Å²) in [6.45, 7) is 4.83. The minimum atomic E-state index is 0.836. The van der Waals surface area contributed by atoms with Gasteiger partial charge in [0.25, 0.3) is 0 Å². The molecule has 5 rings (SSSR count). The van der Waals surface area contributed by atoms with Crippen LogP contribution in [0, 0.1) is 0 Å². The van der Waals surface area contributed by atoms with Crippen LogP contribution in [0.4, 0.5) is 5.82 Å². The van der Waals surface area contributed by atoms with E-state index in [9.17, 15) is 0 Å². The molecule has 3 heterocycles. The van der Waals surface area contributed by atoms with Crippen LogP contribution >= 0.6 is 11.5 Å². The number of nitrogens with zero attached hydrogens (tertiary/aromatic N) is 4. The van der Waals surface area contributed by atoms with Gasteiger partial charge in [-0.2, -0.15) is 4.37 Å². The number of aromatic nitrogens is 2. The van der Waals surface area contributed by atoms with Crippen molar-refractivity contribution in [1.29, 1.82) is 0 Å². The van der Waals surface area contributed by atoms with E-state index in [-0.39, 0.29) is 0 Å². The van der Waals surface area contributed by atoms with Crippen molar-refractivity contribution in [2.75, 3.05) is 31.1 Å². The van der Waals surface area contributed by atoms with Crippen molar-refractivity contribution in [2.24, 2.45) is 0 Å². The monoisotopic (exact) mass is 350 g/mol. The van der Waals surface area contributed by atoms with Gasteiger partial charge >= 0.3 is 0 Å². The van der Waals surface area contributed by atoms with Crippen molar-refractivity contribution < 1.29 is 4.52 Å². The molecule has 0 radical (unpaired) electrons. The molecule has 1 aliphatic rings. The summed E-state index contributed by atoms with van der Waals surface area (Å²) in [4.78, 5) is 4.84. The zero-order chi connectivity index (χ0) is 16.6. The summed E-state index contributed by atoms with van der Waals surface area (Å²) < 4.78 is 11.4. The van der Waals surface area contributed by atoms with Gasteiger partial charge in [0, 0.05) is 43.5 Å². The summed E-state index contributed by atoms with van der Waals surface area (Å²) >= 11 is 1.59. The zero-order valence-electron chi connectivity index (χ0n) is 13.8. The van der Waals surface area contributed by atoms with Gasteiger partial charge in [0.2, 0.25) is 0 Å². The van der Waals surface area contributed by atoms with Crippen molar-refractivity contribution in [3.05, 3.63) is 54.2 Å². The van der Waals surface area contributed by atoms with Crippen LogP contribution in [0.1, 0.15) is 5.69 Å². The molecule has 2 aromatic heterocycles. The summed E-state index contributed by atoms with van der Waals surface area (Å²) in [7, 11) is 0. The Morgan fingerprint density at radius 2 is 1.68 bits per heavy atom. The Labute approximate surface area is 149 Å². The number of hydrogen-bond acceptors (Lipinski definition) is 6. The number of hydrogen-bond donors (Lipinski definition) is 0. The van der Waals surface area contributed by atoms with Crippen LogP contribution in [0.3, 0.4) is 0 Å². The highest BCUT2D eigenvalue weighted by atomic mass is 32.1. The van der Waals surface area contributed by atoms with Crippen molar-refractivity contribution >= 4 is 38.4 Å². The number of rotatable bonds is 3. The molecule has 0 unspecified atom stereocenters. The van der Waals surface area contributed by atoms with Gasteiger partial charge in [-0.25, -0.2) is 0 Å². The van der Waals surface area contributed by atoms with Crippen molar-refractivity contribution in [2.45, 2.75) is 6.54 Å². The second-order valence-electron chi connectivity index (χ2n) is 6.39. The summed E-state index contributed by atoms with van der Waals surface area (Å²) in [5, 5.41) is 6.65. The number of piperazine rings is 1. The molecular formula is C19H18N4OS. The number of para-hydroxylation sites is 1. The maximum absolute atomic E-state index is 5.42. The van der Waals surface area contributed by atoms with E-state index < -0.39 is 0 Å². The maximum Gasteiger partial charge on any atom is 0.167 e. The lowest BCUT2D eigenvalue weighted by molar-refractivity contribution is 0.243. The number of fused-ring (bicyclic) bond motifs is 2. The highest BCUT2D eigenvalue weighted by Crippen LogP contribution is 2.30. The minimum Gasteiger partial charge on any atom is -0.356 e. The van der Waals surface area contributed by atoms with Gasteiger partial charge in [-0.3, -0.25) is 4.90 Å². The van der Waals surface area contributed by atoms with E-state index in [0.29, 0.717) is 0 Å². The molecule has 0 atom stereocenters. The Balaban J connectivity index is 1.30. The fourth-order valence-corrected chi connectivity index (χ4v) is 4.28. The molecule has 4 aromatic rings. The first-order chi connectivity index (χ1) is 12.4. The first-order valence-electron chi connectivity index (χ1n) is 8.53. The standard InChI is InChI=1S/C19H18N4OS/c1-3-7-17-14(5-1)16(20-24-17)13-22-9-11-23(12-10-22)19-15-6-2-4-8-18(15)25-21-19/h1-8H,9-13H2. The largest absolute Gasteiger partial charge is 0.356 e. The predicted octanol–water partition coefficient (Wildman–Crippen LogP) is 3.76. The first-order valence-corrected chi connectivity index (χ1v) is 9.31. The Morgan fingerprint density at radius 1 is 0.920 bits per heavy atom. The van der Waals surface area contributed by atoms with Gasteiger partial charge in [-0.05, 0) is 35.8 Å². The Hall–Kier alpha value is -2.44. The number of benzene rings is 2. The third-order valence-electron chi connectivity index (χ3n) is 4.86. The van der Waals surface area contributed by atoms with E-state index in [0.717, 1.165) is 55.2 Å². The molecule has 0 N–H and O–H groups in total. The van der Waals surface area contributed by atoms with Crippen LogP contribution in [0.15, 0.2) is 53.1 Å². The van der Waals surface area contributed by atoms with Gasteiger partial charge < -0.3 is 9.42 Å². The van der Waals surface area contributed by atoms with Gasteiger partial charge in [-0.1, -0.05) is 29.4 Å². The average Bonchev–Trinajstić information content (AvgIpc) is 3.27. The van der Waals surface area contributed by atoms with Gasteiger partial charge in [-0.15, -0.1) is 0 Å². The van der Waals surface area contributed by atoms with Crippen LogP contribution < -0.4 is 4.90 Å². The van der Waals surface area contributed by atoms with Crippen LogP contribution in [0.25, 0.3) is 21.1 Å². The normalized spacial score (nSPS) is 16.1. The van der Waals surface area contributed by atoms with Crippen molar-refractivity contribution in [3.8, 4) is 0 Å². The summed E-state index contributed by atoms with van der Waals surface area (Å²) in [5.74, 6) is 1.13. The van der Waals surface area contributed by atoms with E-state index in [1.165, 1.54) is 10.1 Å². The molecular weight excluding hydrogens is 332 g/mol. The molecule has 126 valence electrons. The molecule has 0 saturated carbocycles. The Kier molecular flexibility index (Phi) is 3.64. The first kappa shape index (κ1) is 14.9. The lowest BCUT2D eigenvalue weighted by atomic mass is 10.2. The highest BCUT2D eigenvalue weighted by molar-refractivity contribution is 7.13. The van der Waals surface area contributed by atoms with E-state index in [2.05, 4.69) is 49.7 Å². The minimum absolute atomic E-state index is 0.836. The molecule has 6 heteroatoms. The summed E-state index contributed by atoms with van der Waals surface area (Å²) in [5.41, 5.74) is 1.90. The lowest BCUT2D eigenvalue weighted by Crippen LogP contribution is -2.46. The second kappa shape index (κ2) is 6.13. The summed E-state index contributed by atoms with van der Waals surface area (Å²) in [6.07, 6.45) is 0. The van der Waals surface area contributed by atoms with E-state index in [4.69, 9.17) is 4.52 Å². The van der Waals surface area contributed by atoms with Gasteiger partial charge in [0.1, 0.15) is 11.5 Å². The summed E-state index contributed by atoms with van der Waals surface area (Å²) in [6, 6.07) is 16.5.